The van der Waals surface area contributed by atoms with Gasteiger partial charge in [-0.15, -0.1) is 11.3 Å². The predicted molar refractivity (Wildman–Crippen MR) is 114 cm³/mol. The number of amides is 1. The fourth-order valence-corrected chi connectivity index (χ4v) is 3.93. The van der Waals surface area contributed by atoms with E-state index in [1.165, 1.54) is 18.4 Å². The number of morpholine rings is 1. The molecule has 0 saturated carbocycles. The zero-order valence-electron chi connectivity index (χ0n) is 15.7. The van der Waals surface area contributed by atoms with Crippen molar-refractivity contribution in [3.8, 4) is 16.3 Å². The molecule has 1 aliphatic heterocycles. The van der Waals surface area contributed by atoms with E-state index in [1.54, 1.807) is 29.8 Å². The van der Waals surface area contributed by atoms with Crippen molar-refractivity contribution in [3.63, 3.8) is 0 Å². The number of hydrogen-bond acceptors (Lipinski definition) is 7. The maximum absolute atomic E-state index is 12.6. The molecular formula is C20H19ClN4O3S. The van der Waals surface area contributed by atoms with E-state index in [9.17, 15) is 4.79 Å². The molecule has 0 bridgehead atoms. The number of nitrogens with zero attached hydrogens (tertiary/aromatic N) is 3. The average Bonchev–Trinajstić information content (AvgIpc) is 3.25. The van der Waals surface area contributed by atoms with Crippen LogP contribution in [0.5, 0.6) is 5.75 Å². The molecule has 1 saturated heterocycles. The molecule has 1 amide bonds. The number of hydrogen-bond donors (Lipinski definition) is 1. The van der Waals surface area contributed by atoms with Crippen LogP contribution >= 0.6 is 22.9 Å². The molecule has 9 heteroatoms. The van der Waals surface area contributed by atoms with Crippen LogP contribution in [0.2, 0.25) is 5.02 Å². The van der Waals surface area contributed by atoms with Crippen molar-refractivity contribution in [2.75, 3.05) is 43.6 Å². The molecule has 150 valence electrons. The Kier molecular flexibility index (Phi) is 5.94. The Balaban J connectivity index is 1.48. The zero-order chi connectivity index (χ0) is 20.2. The van der Waals surface area contributed by atoms with Gasteiger partial charge in [0, 0.05) is 35.3 Å². The van der Waals surface area contributed by atoms with Crippen LogP contribution in [0.4, 0.5) is 11.5 Å². The molecule has 0 aliphatic carbocycles. The van der Waals surface area contributed by atoms with Gasteiger partial charge in [-0.05, 0) is 30.3 Å². The summed E-state index contributed by atoms with van der Waals surface area (Å²) in [6.07, 6.45) is 1.78. The van der Waals surface area contributed by atoms with Gasteiger partial charge in [-0.2, -0.15) is 0 Å². The smallest absolute Gasteiger partial charge is 0.275 e. The lowest BCUT2D eigenvalue weighted by molar-refractivity contribution is 0.102. The van der Waals surface area contributed by atoms with Gasteiger partial charge in [-0.1, -0.05) is 11.6 Å². The number of thiazole rings is 1. The Morgan fingerprint density at radius 1 is 1.28 bits per heavy atom. The topological polar surface area (TPSA) is 76.6 Å². The van der Waals surface area contributed by atoms with Crippen molar-refractivity contribution < 1.29 is 14.3 Å². The summed E-state index contributed by atoms with van der Waals surface area (Å²) >= 11 is 7.41. The number of methoxy groups -OCH3 is 1. The molecule has 1 N–H and O–H groups in total. The minimum atomic E-state index is -0.328. The third kappa shape index (κ3) is 4.50. The molecular weight excluding hydrogens is 412 g/mol. The molecule has 4 rings (SSSR count). The molecule has 2 aromatic heterocycles. The van der Waals surface area contributed by atoms with Gasteiger partial charge in [0.15, 0.2) is 0 Å². The summed E-state index contributed by atoms with van der Waals surface area (Å²) in [7, 11) is 1.54. The Morgan fingerprint density at radius 2 is 2.10 bits per heavy atom. The van der Waals surface area contributed by atoms with Crippen LogP contribution < -0.4 is 15.0 Å². The standard InChI is InChI=1S/C20H19ClN4O3S/c1-27-17-4-3-14(21)10-15(17)23-19(26)16-12-29-20(24-16)13-2-5-18(22-11-13)25-6-8-28-9-7-25/h2-5,10-12H,6-9H2,1H3,(H,23,26). The highest BCUT2D eigenvalue weighted by molar-refractivity contribution is 7.13. The van der Waals surface area contributed by atoms with Gasteiger partial charge < -0.3 is 19.7 Å². The summed E-state index contributed by atoms with van der Waals surface area (Å²) in [5.74, 6) is 1.12. The normalized spacial score (nSPS) is 13.9. The summed E-state index contributed by atoms with van der Waals surface area (Å²) < 4.78 is 10.6. The summed E-state index contributed by atoms with van der Waals surface area (Å²) in [5.41, 5.74) is 1.69. The van der Waals surface area contributed by atoms with E-state index < -0.39 is 0 Å². The summed E-state index contributed by atoms with van der Waals surface area (Å²) in [5, 5.41) is 5.75. The van der Waals surface area contributed by atoms with Gasteiger partial charge >= 0.3 is 0 Å². The first kappa shape index (κ1) is 19.6. The highest BCUT2D eigenvalue weighted by Crippen LogP contribution is 2.29. The predicted octanol–water partition coefficient (Wildman–Crippen LogP) is 3.96. The SMILES string of the molecule is COc1ccc(Cl)cc1NC(=O)c1csc(-c2ccc(N3CCOCC3)nc2)n1. The molecule has 7 nitrogen and oxygen atoms in total. The molecule has 1 aromatic carbocycles. The van der Waals surface area contributed by atoms with Crippen LogP contribution in [0.25, 0.3) is 10.6 Å². The van der Waals surface area contributed by atoms with Gasteiger partial charge in [0.25, 0.3) is 5.91 Å². The molecule has 0 radical (unpaired) electrons. The molecule has 1 fully saturated rings. The number of anilines is 2. The molecule has 29 heavy (non-hydrogen) atoms. The van der Waals surface area contributed by atoms with Crippen molar-refractivity contribution in [2.24, 2.45) is 0 Å². The first-order valence-electron chi connectivity index (χ1n) is 9.03. The lowest BCUT2D eigenvalue weighted by Crippen LogP contribution is -2.36. The Morgan fingerprint density at radius 3 is 2.83 bits per heavy atom. The largest absolute Gasteiger partial charge is 0.495 e. The van der Waals surface area contributed by atoms with E-state index in [4.69, 9.17) is 21.1 Å². The van der Waals surface area contributed by atoms with Gasteiger partial charge in [-0.25, -0.2) is 9.97 Å². The number of pyridine rings is 1. The van der Waals surface area contributed by atoms with Crippen LogP contribution in [-0.4, -0.2) is 49.3 Å². The average molecular weight is 431 g/mol. The number of aromatic nitrogens is 2. The summed E-state index contributed by atoms with van der Waals surface area (Å²) in [4.78, 5) is 23.8. The van der Waals surface area contributed by atoms with Gasteiger partial charge in [0.1, 0.15) is 22.3 Å². The van der Waals surface area contributed by atoms with Gasteiger partial charge in [-0.3, -0.25) is 4.79 Å². The molecule has 3 heterocycles. The van der Waals surface area contributed by atoms with E-state index in [0.717, 1.165) is 29.5 Å². The Labute approximate surface area is 177 Å². The molecule has 3 aromatic rings. The quantitative estimate of drug-likeness (QED) is 0.660. The number of nitrogens with one attached hydrogen (secondary N) is 1. The minimum absolute atomic E-state index is 0.323. The van der Waals surface area contributed by atoms with E-state index in [0.29, 0.717) is 35.4 Å². The highest BCUT2D eigenvalue weighted by Gasteiger charge is 2.16. The van der Waals surface area contributed by atoms with Crippen LogP contribution in [0.3, 0.4) is 0 Å². The van der Waals surface area contributed by atoms with Crippen LogP contribution in [0.1, 0.15) is 10.5 Å². The van der Waals surface area contributed by atoms with Crippen molar-refractivity contribution in [2.45, 2.75) is 0 Å². The lowest BCUT2D eigenvalue weighted by Gasteiger charge is -2.27. The Bertz CT molecular complexity index is 1000. The van der Waals surface area contributed by atoms with Gasteiger partial charge in [0.2, 0.25) is 0 Å². The van der Waals surface area contributed by atoms with Gasteiger partial charge in [0.05, 0.1) is 26.0 Å². The number of rotatable bonds is 5. The lowest BCUT2D eigenvalue weighted by atomic mass is 10.2. The fourth-order valence-electron chi connectivity index (χ4n) is 2.97. The second kappa shape index (κ2) is 8.77. The van der Waals surface area contributed by atoms with E-state index in [1.807, 2.05) is 12.1 Å². The van der Waals surface area contributed by atoms with E-state index >= 15 is 0 Å². The second-order valence-corrected chi connectivity index (χ2v) is 7.64. The van der Waals surface area contributed by atoms with Crippen molar-refractivity contribution in [3.05, 3.63) is 52.6 Å². The van der Waals surface area contributed by atoms with Crippen molar-refractivity contribution >= 4 is 40.4 Å². The van der Waals surface area contributed by atoms with Crippen LogP contribution in [0, 0.1) is 0 Å². The first-order valence-corrected chi connectivity index (χ1v) is 10.3. The van der Waals surface area contributed by atoms with Crippen molar-refractivity contribution in [1.29, 1.82) is 0 Å². The highest BCUT2D eigenvalue weighted by atomic mass is 35.5. The number of ether oxygens (including phenoxy) is 2. The maximum atomic E-state index is 12.6. The number of benzene rings is 1. The van der Waals surface area contributed by atoms with Crippen molar-refractivity contribution in [1.82, 2.24) is 9.97 Å². The fraction of sp³-hybridized carbons (Fsp3) is 0.250. The third-order valence-electron chi connectivity index (χ3n) is 4.48. The number of carbonyl (C=O) groups is 1. The zero-order valence-corrected chi connectivity index (χ0v) is 17.3. The number of halogens is 1. The minimum Gasteiger partial charge on any atom is -0.495 e. The van der Waals surface area contributed by atoms with E-state index in [-0.39, 0.29) is 5.91 Å². The third-order valence-corrected chi connectivity index (χ3v) is 5.60. The summed E-state index contributed by atoms with van der Waals surface area (Å²) in [6, 6.07) is 8.98. The number of carbonyl (C=O) groups excluding carboxylic acids is 1. The first-order chi connectivity index (χ1) is 14.1. The molecule has 0 spiro atoms. The molecule has 0 atom stereocenters. The maximum Gasteiger partial charge on any atom is 0.275 e. The molecule has 0 unspecified atom stereocenters. The second-order valence-electron chi connectivity index (χ2n) is 6.34. The van der Waals surface area contributed by atoms with E-state index in [2.05, 4.69) is 20.2 Å². The summed E-state index contributed by atoms with van der Waals surface area (Å²) in [6.45, 7) is 3.10. The van der Waals surface area contributed by atoms with Crippen LogP contribution in [-0.2, 0) is 4.74 Å². The Hall–Kier alpha value is -2.68. The monoisotopic (exact) mass is 430 g/mol. The van der Waals surface area contributed by atoms with Crippen LogP contribution in [0.15, 0.2) is 41.9 Å². The molecule has 1 aliphatic rings.